The average Bonchev–Trinajstić information content (AvgIpc) is 2.78. The van der Waals surface area contributed by atoms with E-state index >= 15 is 0 Å². The Balaban J connectivity index is 2.32. The highest BCUT2D eigenvalue weighted by atomic mass is 79.9. The van der Waals surface area contributed by atoms with Crippen LogP contribution in [0.3, 0.4) is 0 Å². The maximum Gasteiger partial charge on any atom is 0.124 e. The maximum absolute atomic E-state index is 13.0. The fourth-order valence-electron chi connectivity index (χ4n) is 2.72. The van der Waals surface area contributed by atoms with E-state index in [1.54, 1.807) is 6.07 Å². The van der Waals surface area contributed by atoms with Gasteiger partial charge in [-0.3, -0.25) is 0 Å². The van der Waals surface area contributed by atoms with Crippen molar-refractivity contribution < 1.29 is 9.50 Å². The molecule has 3 N–H and O–H groups in total. The van der Waals surface area contributed by atoms with Gasteiger partial charge in [0, 0.05) is 16.4 Å². The van der Waals surface area contributed by atoms with Crippen molar-refractivity contribution in [3.05, 3.63) is 34.1 Å². The molecule has 0 spiro atoms. The van der Waals surface area contributed by atoms with Crippen molar-refractivity contribution in [2.75, 3.05) is 6.54 Å². The van der Waals surface area contributed by atoms with Crippen LogP contribution in [-0.4, -0.2) is 11.7 Å². The van der Waals surface area contributed by atoms with Crippen LogP contribution in [0.25, 0.3) is 0 Å². The SMILES string of the molecule is NCC1(C(O)c2ccc(F)cc2Br)CCCC1. The Kier molecular flexibility index (Phi) is 3.85. The topological polar surface area (TPSA) is 46.2 Å². The lowest BCUT2D eigenvalue weighted by molar-refractivity contribution is 0.0327. The van der Waals surface area contributed by atoms with Gasteiger partial charge in [-0.1, -0.05) is 34.8 Å². The summed E-state index contributed by atoms with van der Waals surface area (Å²) in [4.78, 5) is 0. The van der Waals surface area contributed by atoms with Crippen molar-refractivity contribution in [2.45, 2.75) is 31.8 Å². The molecule has 4 heteroatoms. The number of aliphatic hydroxyl groups is 1. The van der Waals surface area contributed by atoms with Crippen LogP contribution >= 0.6 is 15.9 Å². The quantitative estimate of drug-likeness (QED) is 0.901. The van der Waals surface area contributed by atoms with E-state index in [1.165, 1.54) is 12.1 Å². The summed E-state index contributed by atoms with van der Waals surface area (Å²) in [5.41, 5.74) is 6.34. The lowest BCUT2D eigenvalue weighted by Crippen LogP contribution is -2.34. The van der Waals surface area contributed by atoms with Crippen molar-refractivity contribution >= 4 is 15.9 Å². The Labute approximate surface area is 109 Å². The molecule has 1 aromatic carbocycles. The second-order valence-corrected chi connectivity index (χ2v) is 5.70. The van der Waals surface area contributed by atoms with Gasteiger partial charge in [0.1, 0.15) is 5.82 Å². The molecule has 1 aromatic rings. The Morgan fingerprint density at radius 2 is 2.06 bits per heavy atom. The third-order valence-corrected chi connectivity index (χ3v) is 4.53. The smallest absolute Gasteiger partial charge is 0.124 e. The number of aliphatic hydroxyl groups excluding tert-OH is 1. The molecule has 0 saturated heterocycles. The molecular weight excluding hydrogens is 285 g/mol. The van der Waals surface area contributed by atoms with Gasteiger partial charge >= 0.3 is 0 Å². The lowest BCUT2D eigenvalue weighted by Gasteiger charge is -2.33. The molecule has 0 aliphatic heterocycles. The Morgan fingerprint density at radius 1 is 1.41 bits per heavy atom. The van der Waals surface area contributed by atoms with E-state index in [4.69, 9.17) is 5.73 Å². The summed E-state index contributed by atoms with van der Waals surface area (Å²) in [7, 11) is 0. The normalized spacial score (nSPS) is 20.5. The predicted octanol–water partition coefficient (Wildman–Crippen LogP) is 3.14. The van der Waals surface area contributed by atoms with Gasteiger partial charge in [0.25, 0.3) is 0 Å². The van der Waals surface area contributed by atoms with Crippen molar-refractivity contribution in [2.24, 2.45) is 11.1 Å². The van der Waals surface area contributed by atoms with Gasteiger partial charge in [-0.15, -0.1) is 0 Å². The zero-order valence-electron chi connectivity index (χ0n) is 9.63. The number of benzene rings is 1. The molecular formula is C13H17BrFNO. The molecule has 1 unspecified atom stereocenters. The molecule has 17 heavy (non-hydrogen) atoms. The van der Waals surface area contributed by atoms with Crippen LogP contribution in [0.1, 0.15) is 37.4 Å². The van der Waals surface area contributed by atoms with Crippen molar-refractivity contribution in [1.29, 1.82) is 0 Å². The zero-order valence-corrected chi connectivity index (χ0v) is 11.2. The molecule has 1 fully saturated rings. The van der Waals surface area contributed by atoms with Gasteiger partial charge < -0.3 is 10.8 Å². The van der Waals surface area contributed by atoms with E-state index in [0.29, 0.717) is 11.0 Å². The van der Waals surface area contributed by atoms with Crippen LogP contribution in [0.2, 0.25) is 0 Å². The monoisotopic (exact) mass is 301 g/mol. The Bertz CT molecular complexity index is 404. The molecule has 1 aliphatic carbocycles. The van der Waals surface area contributed by atoms with Gasteiger partial charge in [-0.05, 0) is 30.5 Å². The molecule has 0 aromatic heterocycles. The van der Waals surface area contributed by atoms with E-state index in [0.717, 1.165) is 31.2 Å². The van der Waals surface area contributed by atoms with Crippen LogP contribution in [0, 0.1) is 11.2 Å². The average molecular weight is 302 g/mol. The van der Waals surface area contributed by atoms with E-state index < -0.39 is 6.10 Å². The van der Waals surface area contributed by atoms with E-state index in [1.807, 2.05) is 0 Å². The predicted molar refractivity (Wildman–Crippen MR) is 69.0 cm³/mol. The van der Waals surface area contributed by atoms with Crippen LogP contribution in [-0.2, 0) is 0 Å². The van der Waals surface area contributed by atoms with E-state index in [-0.39, 0.29) is 11.2 Å². The summed E-state index contributed by atoms with van der Waals surface area (Å²) in [5.74, 6) is -0.305. The van der Waals surface area contributed by atoms with Gasteiger partial charge in [-0.25, -0.2) is 4.39 Å². The summed E-state index contributed by atoms with van der Waals surface area (Å²) in [6.45, 7) is 0.470. The van der Waals surface area contributed by atoms with E-state index in [9.17, 15) is 9.50 Å². The molecule has 1 saturated carbocycles. The summed E-state index contributed by atoms with van der Waals surface area (Å²) >= 11 is 3.31. The van der Waals surface area contributed by atoms with Gasteiger partial charge in [-0.2, -0.15) is 0 Å². The highest BCUT2D eigenvalue weighted by molar-refractivity contribution is 9.10. The third-order valence-electron chi connectivity index (χ3n) is 3.84. The third kappa shape index (κ3) is 2.39. The first-order chi connectivity index (χ1) is 8.09. The fourth-order valence-corrected chi connectivity index (χ4v) is 3.29. The number of nitrogens with two attached hydrogens (primary N) is 1. The minimum absolute atomic E-state index is 0.236. The molecule has 0 bridgehead atoms. The number of hydrogen-bond donors (Lipinski definition) is 2. The molecule has 0 radical (unpaired) electrons. The highest BCUT2D eigenvalue weighted by Gasteiger charge is 2.40. The second-order valence-electron chi connectivity index (χ2n) is 4.84. The first-order valence-electron chi connectivity index (χ1n) is 5.92. The number of hydrogen-bond acceptors (Lipinski definition) is 2. The molecule has 94 valence electrons. The van der Waals surface area contributed by atoms with Gasteiger partial charge in [0.2, 0.25) is 0 Å². The minimum Gasteiger partial charge on any atom is -0.388 e. The summed E-state index contributed by atoms with van der Waals surface area (Å²) in [6.07, 6.45) is 3.47. The van der Waals surface area contributed by atoms with Crippen LogP contribution < -0.4 is 5.73 Å². The molecule has 0 amide bonds. The summed E-state index contributed by atoms with van der Waals surface area (Å²) < 4.78 is 13.6. The molecule has 2 rings (SSSR count). The van der Waals surface area contributed by atoms with Crippen molar-refractivity contribution in [1.82, 2.24) is 0 Å². The molecule has 1 aliphatic rings. The van der Waals surface area contributed by atoms with Crippen LogP contribution in [0.5, 0.6) is 0 Å². The van der Waals surface area contributed by atoms with Crippen molar-refractivity contribution in [3.8, 4) is 0 Å². The maximum atomic E-state index is 13.0. The number of rotatable bonds is 3. The van der Waals surface area contributed by atoms with Crippen LogP contribution in [0.15, 0.2) is 22.7 Å². The largest absolute Gasteiger partial charge is 0.388 e. The molecule has 0 heterocycles. The summed E-state index contributed by atoms with van der Waals surface area (Å²) in [5, 5.41) is 10.5. The Morgan fingerprint density at radius 3 is 2.59 bits per heavy atom. The lowest BCUT2D eigenvalue weighted by atomic mass is 9.77. The van der Waals surface area contributed by atoms with E-state index in [2.05, 4.69) is 15.9 Å². The van der Waals surface area contributed by atoms with Crippen LogP contribution in [0.4, 0.5) is 4.39 Å². The highest BCUT2D eigenvalue weighted by Crippen LogP contribution is 2.48. The fraction of sp³-hybridized carbons (Fsp3) is 0.538. The van der Waals surface area contributed by atoms with Crippen molar-refractivity contribution in [3.63, 3.8) is 0 Å². The molecule has 2 nitrogen and oxygen atoms in total. The standard InChI is InChI=1S/C13H17BrFNO/c14-11-7-9(15)3-4-10(11)12(17)13(8-16)5-1-2-6-13/h3-4,7,12,17H,1-2,5-6,8,16H2. The summed E-state index contributed by atoms with van der Waals surface area (Å²) in [6, 6.07) is 4.40. The first kappa shape index (κ1) is 13.0. The molecule has 1 atom stereocenters. The number of halogens is 2. The van der Waals surface area contributed by atoms with Gasteiger partial charge in [0.05, 0.1) is 6.10 Å². The minimum atomic E-state index is -0.620. The second kappa shape index (κ2) is 5.04. The first-order valence-corrected chi connectivity index (χ1v) is 6.71. The van der Waals surface area contributed by atoms with Gasteiger partial charge in [0.15, 0.2) is 0 Å². The zero-order chi connectivity index (χ0) is 12.5. The Hall–Kier alpha value is -0.450.